The van der Waals surface area contributed by atoms with E-state index in [1.54, 1.807) is 6.07 Å². The minimum absolute atomic E-state index is 0.0773. The number of anilines is 1. The zero-order valence-corrected chi connectivity index (χ0v) is 13.4. The molecule has 1 saturated carbocycles. The predicted molar refractivity (Wildman–Crippen MR) is 90.5 cm³/mol. The molecule has 25 heavy (non-hydrogen) atoms. The lowest BCUT2D eigenvalue weighted by molar-refractivity contribution is -0.384. The van der Waals surface area contributed by atoms with Gasteiger partial charge < -0.3 is 9.73 Å². The van der Waals surface area contributed by atoms with Crippen molar-refractivity contribution < 1.29 is 14.1 Å². The van der Waals surface area contributed by atoms with Crippen LogP contribution in [0.15, 0.2) is 46.4 Å². The van der Waals surface area contributed by atoms with E-state index < -0.39 is 10.8 Å². The smallest absolute Gasteiger partial charge is 0.269 e. The number of nitro benzene ring substituents is 1. The molecule has 1 aromatic carbocycles. The number of amides is 1. The molecule has 1 aliphatic carbocycles. The molecule has 2 atom stereocenters. The van der Waals surface area contributed by atoms with Crippen LogP contribution in [-0.2, 0) is 4.79 Å². The van der Waals surface area contributed by atoms with Gasteiger partial charge in [0.15, 0.2) is 0 Å². The molecule has 1 heterocycles. The van der Waals surface area contributed by atoms with Gasteiger partial charge in [0.05, 0.1) is 4.92 Å². The van der Waals surface area contributed by atoms with Crippen LogP contribution in [-0.4, -0.2) is 10.8 Å². The van der Waals surface area contributed by atoms with E-state index in [9.17, 15) is 20.2 Å². The largest absolute Gasteiger partial charge is 0.461 e. The highest BCUT2D eigenvalue weighted by atomic mass is 16.6. The predicted octanol–water partition coefficient (Wildman–Crippen LogP) is 3.86. The van der Waals surface area contributed by atoms with Gasteiger partial charge in [-0.05, 0) is 36.6 Å². The molecular weight excluding hydrogens is 322 g/mol. The summed E-state index contributed by atoms with van der Waals surface area (Å²) in [7, 11) is 0. The minimum Gasteiger partial charge on any atom is -0.461 e. The summed E-state index contributed by atoms with van der Waals surface area (Å²) in [6.45, 7) is 2.14. The SMILES string of the molecule is C[C@H]1C[C@@H]1c1ccc(/C=C(\C#N)C(=O)Nc2ccc([N+](=O)[O-])cc2)o1. The van der Waals surface area contributed by atoms with Crippen molar-refractivity contribution in [1.82, 2.24) is 0 Å². The Morgan fingerprint density at radius 1 is 1.36 bits per heavy atom. The lowest BCUT2D eigenvalue weighted by atomic mass is 10.2. The molecule has 1 aliphatic rings. The average Bonchev–Trinajstić information content (AvgIpc) is 3.14. The first-order valence-electron chi connectivity index (χ1n) is 7.75. The number of nitrogens with one attached hydrogen (secondary N) is 1. The van der Waals surface area contributed by atoms with Gasteiger partial charge in [0.2, 0.25) is 0 Å². The molecule has 0 saturated heterocycles. The average molecular weight is 337 g/mol. The molecule has 3 rings (SSSR count). The van der Waals surface area contributed by atoms with E-state index in [1.807, 2.05) is 12.1 Å². The Hall–Kier alpha value is -3.40. The third-order valence-electron chi connectivity index (χ3n) is 4.11. The molecular formula is C18H15N3O4. The maximum absolute atomic E-state index is 12.2. The van der Waals surface area contributed by atoms with Crippen molar-refractivity contribution in [2.24, 2.45) is 5.92 Å². The quantitative estimate of drug-likeness (QED) is 0.385. The van der Waals surface area contributed by atoms with Gasteiger partial charge in [-0.25, -0.2) is 0 Å². The number of rotatable bonds is 5. The number of carbonyl (C=O) groups excluding carboxylic acids is 1. The summed E-state index contributed by atoms with van der Waals surface area (Å²) in [6.07, 6.45) is 2.47. The molecule has 1 aromatic heterocycles. The molecule has 2 aromatic rings. The fourth-order valence-corrected chi connectivity index (χ4v) is 2.52. The van der Waals surface area contributed by atoms with Gasteiger partial charge in [0.25, 0.3) is 11.6 Å². The number of nitro groups is 1. The van der Waals surface area contributed by atoms with E-state index in [4.69, 9.17) is 4.42 Å². The Balaban J connectivity index is 1.71. The van der Waals surface area contributed by atoms with Gasteiger partial charge in [-0.3, -0.25) is 14.9 Å². The molecule has 0 radical (unpaired) electrons. The first-order chi connectivity index (χ1) is 12.0. The van der Waals surface area contributed by atoms with Gasteiger partial charge >= 0.3 is 0 Å². The van der Waals surface area contributed by atoms with Gasteiger partial charge in [-0.1, -0.05) is 6.92 Å². The van der Waals surface area contributed by atoms with Crippen molar-refractivity contribution in [3.8, 4) is 6.07 Å². The number of nitrogens with zero attached hydrogens (tertiary/aromatic N) is 2. The van der Waals surface area contributed by atoms with E-state index in [0.29, 0.717) is 23.3 Å². The van der Waals surface area contributed by atoms with Crippen LogP contribution in [0.4, 0.5) is 11.4 Å². The van der Waals surface area contributed by atoms with Crippen LogP contribution in [0.1, 0.15) is 30.8 Å². The van der Waals surface area contributed by atoms with Crippen LogP contribution in [0.25, 0.3) is 6.08 Å². The van der Waals surface area contributed by atoms with E-state index in [-0.39, 0.29) is 11.3 Å². The van der Waals surface area contributed by atoms with Crippen LogP contribution in [0.5, 0.6) is 0 Å². The fourth-order valence-electron chi connectivity index (χ4n) is 2.52. The number of hydrogen-bond donors (Lipinski definition) is 1. The first-order valence-corrected chi connectivity index (χ1v) is 7.75. The Bertz CT molecular complexity index is 890. The van der Waals surface area contributed by atoms with E-state index in [1.165, 1.54) is 30.3 Å². The Labute approximate surface area is 143 Å². The molecule has 7 nitrogen and oxygen atoms in total. The van der Waals surface area contributed by atoms with Crippen molar-refractivity contribution in [2.45, 2.75) is 19.3 Å². The van der Waals surface area contributed by atoms with E-state index in [0.717, 1.165) is 12.2 Å². The second kappa shape index (κ2) is 6.61. The van der Waals surface area contributed by atoms with Crippen LogP contribution in [0.3, 0.4) is 0 Å². The highest BCUT2D eigenvalue weighted by molar-refractivity contribution is 6.09. The second-order valence-corrected chi connectivity index (χ2v) is 5.99. The van der Waals surface area contributed by atoms with Crippen LogP contribution in [0.2, 0.25) is 0 Å². The molecule has 126 valence electrons. The number of nitriles is 1. The number of non-ortho nitro benzene ring substituents is 1. The van der Waals surface area contributed by atoms with Crippen molar-refractivity contribution in [2.75, 3.05) is 5.32 Å². The summed E-state index contributed by atoms with van der Waals surface area (Å²) >= 11 is 0. The van der Waals surface area contributed by atoms with Gasteiger partial charge in [0, 0.05) is 29.8 Å². The maximum atomic E-state index is 12.2. The molecule has 0 aliphatic heterocycles. The Kier molecular flexibility index (Phi) is 4.35. The fraction of sp³-hybridized carbons (Fsp3) is 0.222. The standard InChI is InChI=1S/C18H15N3O4/c1-11-8-16(11)17-7-6-15(25-17)9-12(10-19)18(22)20-13-2-4-14(5-3-13)21(23)24/h2-7,9,11,16H,8H2,1H3,(H,20,22)/b12-9+/t11-,16-/m0/s1. The number of furan rings is 1. The minimum atomic E-state index is -0.603. The van der Waals surface area contributed by atoms with E-state index in [2.05, 4.69) is 12.2 Å². The Morgan fingerprint density at radius 3 is 2.60 bits per heavy atom. The summed E-state index contributed by atoms with van der Waals surface area (Å²) in [6, 6.07) is 10.8. The normalized spacial score (nSPS) is 19.1. The van der Waals surface area contributed by atoms with Crippen LogP contribution < -0.4 is 5.32 Å². The monoisotopic (exact) mass is 337 g/mol. The number of benzene rings is 1. The molecule has 0 spiro atoms. The third kappa shape index (κ3) is 3.75. The topological polar surface area (TPSA) is 109 Å². The van der Waals surface area contributed by atoms with Crippen LogP contribution in [0, 0.1) is 27.4 Å². The van der Waals surface area contributed by atoms with Crippen molar-refractivity contribution in [1.29, 1.82) is 5.26 Å². The molecule has 1 fully saturated rings. The molecule has 0 unspecified atom stereocenters. The number of hydrogen-bond acceptors (Lipinski definition) is 5. The Morgan fingerprint density at radius 2 is 2.04 bits per heavy atom. The van der Waals surface area contributed by atoms with Gasteiger partial charge in [-0.2, -0.15) is 5.26 Å². The summed E-state index contributed by atoms with van der Waals surface area (Å²) in [5.74, 6) is 1.73. The number of carbonyl (C=O) groups is 1. The zero-order valence-electron chi connectivity index (χ0n) is 13.4. The summed E-state index contributed by atoms with van der Waals surface area (Å²) in [5.41, 5.74) is 0.179. The van der Waals surface area contributed by atoms with Crippen molar-refractivity contribution >= 4 is 23.4 Å². The summed E-state index contributed by atoms with van der Waals surface area (Å²) in [4.78, 5) is 22.3. The highest BCUT2D eigenvalue weighted by Gasteiger charge is 2.36. The van der Waals surface area contributed by atoms with Crippen LogP contribution >= 0.6 is 0 Å². The molecule has 7 heteroatoms. The van der Waals surface area contributed by atoms with Crippen molar-refractivity contribution in [3.63, 3.8) is 0 Å². The summed E-state index contributed by atoms with van der Waals surface area (Å²) < 4.78 is 5.67. The second-order valence-electron chi connectivity index (χ2n) is 5.99. The zero-order chi connectivity index (χ0) is 18.0. The van der Waals surface area contributed by atoms with Gasteiger partial charge in [-0.15, -0.1) is 0 Å². The first kappa shape index (κ1) is 16.5. The highest BCUT2D eigenvalue weighted by Crippen LogP contribution is 2.47. The van der Waals surface area contributed by atoms with Crippen molar-refractivity contribution in [3.05, 3.63) is 63.6 Å². The molecule has 1 N–H and O–H groups in total. The molecule has 1 amide bonds. The third-order valence-corrected chi connectivity index (χ3v) is 4.11. The summed E-state index contributed by atoms with van der Waals surface area (Å²) in [5, 5.41) is 22.4. The molecule has 0 bridgehead atoms. The lowest BCUT2D eigenvalue weighted by Gasteiger charge is -2.03. The maximum Gasteiger partial charge on any atom is 0.269 e. The lowest BCUT2D eigenvalue weighted by Crippen LogP contribution is -2.13. The van der Waals surface area contributed by atoms with E-state index >= 15 is 0 Å². The van der Waals surface area contributed by atoms with Gasteiger partial charge in [0.1, 0.15) is 23.2 Å².